The zero-order valence-electron chi connectivity index (χ0n) is 11.6. The van der Waals surface area contributed by atoms with E-state index in [0.717, 1.165) is 42.0 Å². The third-order valence-corrected chi connectivity index (χ3v) is 3.98. The molecule has 0 saturated heterocycles. The van der Waals surface area contributed by atoms with E-state index in [2.05, 4.69) is 31.6 Å². The number of fused-ring (bicyclic) bond motifs is 2. The molecule has 0 fully saturated rings. The Morgan fingerprint density at radius 2 is 2.10 bits per heavy atom. The molecule has 1 aromatic carbocycles. The van der Waals surface area contributed by atoms with Crippen molar-refractivity contribution in [3.05, 3.63) is 54.2 Å². The smallest absolute Gasteiger partial charge is 0.137 e. The number of aliphatic hydroxyl groups excluding tert-OH is 1. The summed E-state index contributed by atoms with van der Waals surface area (Å²) in [4.78, 5) is 11.3. The predicted octanol–water partition coefficient (Wildman–Crippen LogP) is 1.94. The summed E-state index contributed by atoms with van der Waals surface area (Å²) in [7, 11) is 0. The average Bonchev–Trinajstić information content (AvgIpc) is 3.01. The number of hydrogen-bond donors (Lipinski definition) is 1. The fraction of sp³-hybridized carbons (Fsp3) is 0.250. The second-order valence-corrected chi connectivity index (χ2v) is 5.27. The van der Waals surface area contributed by atoms with Crippen LogP contribution in [-0.4, -0.2) is 26.2 Å². The number of aromatic nitrogens is 3. The maximum absolute atomic E-state index is 9.45. The number of hydrogen-bond acceptors (Lipinski definition) is 4. The summed E-state index contributed by atoms with van der Waals surface area (Å²) in [6.45, 7) is 2.52. The first kappa shape index (κ1) is 12.3. The molecule has 5 nitrogen and oxygen atoms in total. The van der Waals surface area contributed by atoms with Crippen LogP contribution in [0.2, 0.25) is 0 Å². The molecule has 0 radical (unpaired) electrons. The molecule has 0 aliphatic carbocycles. The number of benzene rings is 1. The van der Waals surface area contributed by atoms with Gasteiger partial charge in [0.25, 0.3) is 0 Å². The summed E-state index contributed by atoms with van der Waals surface area (Å²) in [6.07, 6.45) is 3.86. The van der Waals surface area contributed by atoms with Crippen LogP contribution in [0.5, 0.6) is 0 Å². The zero-order valence-corrected chi connectivity index (χ0v) is 11.6. The third-order valence-electron chi connectivity index (χ3n) is 3.98. The van der Waals surface area contributed by atoms with Crippen LogP contribution in [0.1, 0.15) is 11.5 Å². The molecule has 3 aromatic rings. The molecule has 0 unspecified atom stereocenters. The number of imidazole rings is 1. The van der Waals surface area contributed by atoms with Gasteiger partial charge in [0.15, 0.2) is 0 Å². The van der Waals surface area contributed by atoms with E-state index in [9.17, 15) is 5.11 Å². The minimum absolute atomic E-state index is 0.0414. The molecule has 5 heteroatoms. The van der Waals surface area contributed by atoms with Crippen LogP contribution in [0.15, 0.2) is 42.7 Å². The van der Waals surface area contributed by atoms with Gasteiger partial charge >= 0.3 is 0 Å². The molecule has 0 bridgehead atoms. The van der Waals surface area contributed by atoms with Gasteiger partial charge in [0.05, 0.1) is 18.8 Å². The molecule has 106 valence electrons. The molecule has 0 atom stereocenters. The van der Waals surface area contributed by atoms with Crippen molar-refractivity contribution >= 4 is 16.6 Å². The Bertz CT molecular complexity index is 796. The molecule has 3 heterocycles. The lowest BCUT2D eigenvalue weighted by Gasteiger charge is -2.29. The Hall–Kier alpha value is -2.40. The highest BCUT2D eigenvalue weighted by molar-refractivity contribution is 5.92. The zero-order chi connectivity index (χ0) is 14.2. The number of rotatable bonds is 2. The Morgan fingerprint density at radius 3 is 3.00 bits per heavy atom. The summed E-state index contributed by atoms with van der Waals surface area (Å²) < 4.78 is 2.18. The first-order valence-electron chi connectivity index (χ1n) is 7.09. The molecule has 21 heavy (non-hydrogen) atoms. The number of anilines is 1. The van der Waals surface area contributed by atoms with E-state index in [1.807, 2.05) is 30.6 Å². The second-order valence-electron chi connectivity index (χ2n) is 5.27. The van der Waals surface area contributed by atoms with Crippen molar-refractivity contribution in [1.29, 1.82) is 0 Å². The van der Waals surface area contributed by atoms with Gasteiger partial charge in [0.2, 0.25) is 0 Å². The topological polar surface area (TPSA) is 54.2 Å². The highest BCUT2D eigenvalue weighted by Crippen LogP contribution is 2.28. The minimum Gasteiger partial charge on any atom is -0.390 e. The SMILES string of the molecule is OCc1cc2ccccc2c(N2CCn3ccnc3C2)n1. The van der Waals surface area contributed by atoms with E-state index in [-0.39, 0.29) is 6.61 Å². The van der Waals surface area contributed by atoms with Crippen LogP contribution in [-0.2, 0) is 19.7 Å². The summed E-state index contributed by atoms with van der Waals surface area (Å²) in [6, 6.07) is 10.1. The fourth-order valence-corrected chi connectivity index (χ4v) is 2.91. The quantitative estimate of drug-likeness (QED) is 0.779. The minimum atomic E-state index is -0.0414. The summed E-state index contributed by atoms with van der Waals surface area (Å²) in [5, 5.41) is 11.7. The third kappa shape index (κ3) is 2.06. The number of pyridine rings is 1. The van der Waals surface area contributed by atoms with Crippen molar-refractivity contribution in [3.8, 4) is 0 Å². The van der Waals surface area contributed by atoms with Gasteiger partial charge in [-0.1, -0.05) is 24.3 Å². The largest absolute Gasteiger partial charge is 0.390 e. The monoisotopic (exact) mass is 280 g/mol. The second kappa shape index (κ2) is 4.86. The van der Waals surface area contributed by atoms with E-state index in [0.29, 0.717) is 5.69 Å². The van der Waals surface area contributed by atoms with E-state index in [1.54, 1.807) is 0 Å². The summed E-state index contributed by atoms with van der Waals surface area (Å²) in [5.41, 5.74) is 0.706. The van der Waals surface area contributed by atoms with Gasteiger partial charge in [-0.05, 0) is 11.5 Å². The molecule has 1 aliphatic heterocycles. The number of aliphatic hydroxyl groups is 1. The van der Waals surface area contributed by atoms with Gasteiger partial charge in [-0.3, -0.25) is 0 Å². The van der Waals surface area contributed by atoms with Crippen molar-refractivity contribution < 1.29 is 5.11 Å². The highest BCUT2D eigenvalue weighted by Gasteiger charge is 2.20. The molecular formula is C16H16N4O. The normalized spacial score (nSPS) is 14.4. The van der Waals surface area contributed by atoms with Crippen LogP contribution in [0.3, 0.4) is 0 Å². The molecule has 1 aliphatic rings. The maximum Gasteiger partial charge on any atom is 0.137 e. The van der Waals surface area contributed by atoms with Gasteiger partial charge in [0.1, 0.15) is 11.6 Å². The van der Waals surface area contributed by atoms with Crippen LogP contribution in [0.4, 0.5) is 5.82 Å². The van der Waals surface area contributed by atoms with Crippen molar-refractivity contribution in [3.63, 3.8) is 0 Å². The van der Waals surface area contributed by atoms with Gasteiger partial charge in [0, 0.05) is 30.9 Å². The molecule has 0 saturated carbocycles. The van der Waals surface area contributed by atoms with E-state index < -0.39 is 0 Å². The van der Waals surface area contributed by atoms with Crippen LogP contribution in [0, 0.1) is 0 Å². The van der Waals surface area contributed by atoms with E-state index in [1.165, 1.54) is 0 Å². The van der Waals surface area contributed by atoms with Gasteiger partial charge in [-0.2, -0.15) is 0 Å². The summed E-state index contributed by atoms with van der Waals surface area (Å²) in [5.74, 6) is 1.99. The lowest BCUT2D eigenvalue weighted by atomic mass is 10.1. The molecule has 0 amide bonds. The van der Waals surface area contributed by atoms with Crippen molar-refractivity contribution in [2.45, 2.75) is 19.7 Å². The van der Waals surface area contributed by atoms with Crippen LogP contribution >= 0.6 is 0 Å². The Labute approximate surface area is 122 Å². The van der Waals surface area contributed by atoms with Crippen molar-refractivity contribution in [2.24, 2.45) is 0 Å². The Kier molecular flexibility index (Phi) is 2.86. The average molecular weight is 280 g/mol. The fourth-order valence-electron chi connectivity index (χ4n) is 2.91. The van der Waals surface area contributed by atoms with Gasteiger partial charge < -0.3 is 14.6 Å². The Balaban J connectivity index is 1.83. The summed E-state index contributed by atoms with van der Waals surface area (Å²) >= 11 is 0. The molecule has 0 spiro atoms. The van der Waals surface area contributed by atoms with Crippen molar-refractivity contribution in [1.82, 2.24) is 14.5 Å². The van der Waals surface area contributed by atoms with Crippen LogP contribution in [0.25, 0.3) is 10.8 Å². The molecule has 4 rings (SSSR count). The first-order chi connectivity index (χ1) is 10.3. The first-order valence-corrected chi connectivity index (χ1v) is 7.09. The predicted molar refractivity (Wildman–Crippen MR) is 80.9 cm³/mol. The lowest BCUT2D eigenvalue weighted by molar-refractivity contribution is 0.277. The highest BCUT2D eigenvalue weighted by atomic mass is 16.3. The number of nitrogens with zero attached hydrogens (tertiary/aromatic N) is 4. The molecule has 1 N–H and O–H groups in total. The molecule has 2 aromatic heterocycles. The van der Waals surface area contributed by atoms with Gasteiger partial charge in [-0.25, -0.2) is 9.97 Å². The maximum atomic E-state index is 9.45. The molecular weight excluding hydrogens is 264 g/mol. The van der Waals surface area contributed by atoms with Gasteiger partial charge in [-0.15, -0.1) is 0 Å². The van der Waals surface area contributed by atoms with E-state index >= 15 is 0 Å². The lowest BCUT2D eigenvalue weighted by Crippen LogP contribution is -2.34. The standard InChI is InChI=1S/C16H16N4O/c21-11-13-9-12-3-1-2-4-14(12)16(18-13)20-8-7-19-6-5-17-15(19)10-20/h1-6,9,21H,7-8,10-11H2. The van der Waals surface area contributed by atoms with E-state index in [4.69, 9.17) is 0 Å². The van der Waals surface area contributed by atoms with Crippen molar-refractivity contribution in [2.75, 3.05) is 11.4 Å². The Morgan fingerprint density at radius 1 is 1.19 bits per heavy atom. The van der Waals surface area contributed by atoms with Crippen LogP contribution < -0.4 is 4.90 Å².